The monoisotopic (exact) mass is 415 g/mol. The first-order chi connectivity index (χ1) is 14.2. The fourth-order valence-electron chi connectivity index (χ4n) is 3.41. The Hall–Kier alpha value is -2.38. The molecule has 29 heavy (non-hydrogen) atoms. The fraction of sp³-hybridized carbons (Fsp3) is 0.455. The maximum Gasteiger partial charge on any atom is 0.317 e. The molecular formula is C22H29N3O3S. The third-order valence-electron chi connectivity index (χ3n) is 4.89. The SMILES string of the molecule is CCNC(=O)N(CC(=O)N(Cc1ccccc1)Cc1cccs1)C[C@H]1CCCO1. The summed E-state index contributed by atoms with van der Waals surface area (Å²) in [6.07, 6.45) is 1.93. The quantitative estimate of drug-likeness (QED) is 0.682. The maximum absolute atomic E-state index is 13.2. The van der Waals surface area contributed by atoms with Crippen LogP contribution in [0.1, 0.15) is 30.2 Å². The largest absolute Gasteiger partial charge is 0.376 e. The molecule has 2 heterocycles. The lowest BCUT2D eigenvalue weighted by Crippen LogP contribution is -2.48. The molecule has 156 valence electrons. The molecule has 1 saturated heterocycles. The van der Waals surface area contributed by atoms with E-state index in [0.717, 1.165) is 29.9 Å². The lowest BCUT2D eigenvalue weighted by molar-refractivity contribution is -0.133. The summed E-state index contributed by atoms with van der Waals surface area (Å²) in [6.45, 7) is 4.66. The van der Waals surface area contributed by atoms with E-state index in [2.05, 4.69) is 5.32 Å². The molecule has 3 rings (SSSR count). The van der Waals surface area contributed by atoms with E-state index < -0.39 is 0 Å². The molecule has 3 amide bonds. The summed E-state index contributed by atoms with van der Waals surface area (Å²) in [5.41, 5.74) is 1.07. The van der Waals surface area contributed by atoms with Gasteiger partial charge in [0.25, 0.3) is 0 Å². The molecule has 0 aliphatic carbocycles. The number of rotatable bonds is 9. The fourth-order valence-corrected chi connectivity index (χ4v) is 4.13. The Morgan fingerprint density at radius 1 is 1.14 bits per heavy atom. The molecule has 2 aromatic rings. The maximum atomic E-state index is 13.2. The molecule has 0 saturated carbocycles. The zero-order chi connectivity index (χ0) is 20.5. The number of hydrogen-bond donors (Lipinski definition) is 1. The molecule has 6 nitrogen and oxygen atoms in total. The van der Waals surface area contributed by atoms with Crippen LogP contribution in [0, 0.1) is 0 Å². The third kappa shape index (κ3) is 6.58. The minimum absolute atomic E-state index is 0.00488. The van der Waals surface area contributed by atoms with Gasteiger partial charge in [0.05, 0.1) is 12.6 Å². The highest BCUT2D eigenvalue weighted by molar-refractivity contribution is 7.09. The number of urea groups is 1. The Labute approximate surface area is 176 Å². The third-order valence-corrected chi connectivity index (χ3v) is 5.75. The van der Waals surface area contributed by atoms with Crippen LogP contribution < -0.4 is 5.32 Å². The highest BCUT2D eigenvalue weighted by Gasteiger charge is 2.26. The second-order valence-electron chi connectivity index (χ2n) is 7.17. The van der Waals surface area contributed by atoms with Gasteiger partial charge in [-0.1, -0.05) is 36.4 Å². The molecule has 7 heteroatoms. The first kappa shape index (κ1) is 21.3. The van der Waals surface area contributed by atoms with Gasteiger partial charge < -0.3 is 19.9 Å². The predicted octanol–water partition coefficient (Wildman–Crippen LogP) is 3.49. The Balaban J connectivity index is 1.71. The summed E-state index contributed by atoms with van der Waals surface area (Å²) in [7, 11) is 0. The summed E-state index contributed by atoms with van der Waals surface area (Å²) in [4.78, 5) is 30.3. The summed E-state index contributed by atoms with van der Waals surface area (Å²) < 4.78 is 5.69. The van der Waals surface area contributed by atoms with Crippen LogP contribution in [0.4, 0.5) is 4.79 Å². The van der Waals surface area contributed by atoms with Crippen molar-refractivity contribution in [3.05, 3.63) is 58.3 Å². The molecular weight excluding hydrogens is 386 g/mol. The number of nitrogens with one attached hydrogen (secondary N) is 1. The predicted molar refractivity (Wildman–Crippen MR) is 115 cm³/mol. The number of amides is 3. The molecule has 1 N–H and O–H groups in total. The van der Waals surface area contributed by atoms with E-state index in [9.17, 15) is 9.59 Å². The van der Waals surface area contributed by atoms with Crippen molar-refractivity contribution in [2.45, 2.75) is 39.0 Å². The van der Waals surface area contributed by atoms with Crippen molar-refractivity contribution in [1.82, 2.24) is 15.1 Å². The number of carbonyl (C=O) groups excluding carboxylic acids is 2. The molecule has 1 aliphatic heterocycles. The van der Waals surface area contributed by atoms with Crippen molar-refractivity contribution in [2.24, 2.45) is 0 Å². The summed E-state index contributed by atoms with van der Waals surface area (Å²) >= 11 is 1.63. The van der Waals surface area contributed by atoms with Gasteiger partial charge in [-0.2, -0.15) is 0 Å². The van der Waals surface area contributed by atoms with Gasteiger partial charge in [0, 0.05) is 31.1 Å². The molecule has 1 atom stereocenters. The minimum atomic E-state index is -0.216. The van der Waals surface area contributed by atoms with E-state index in [-0.39, 0.29) is 24.6 Å². The van der Waals surface area contributed by atoms with Crippen molar-refractivity contribution < 1.29 is 14.3 Å². The van der Waals surface area contributed by atoms with Crippen molar-refractivity contribution in [2.75, 3.05) is 26.2 Å². The van der Waals surface area contributed by atoms with Gasteiger partial charge in [0.1, 0.15) is 6.54 Å². The average molecular weight is 416 g/mol. The van der Waals surface area contributed by atoms with Gasteiger partial charge in [-0.3, -0.25) is 4.79 Å². The lowest BCUT2D eigenvalue weighted by atomic mass is 10.2. The van der Waals surface area contributed by atoms with Crippen LogP contribution in [-0.4, -0.2) is 54.1 Å². The second kappa shape index (κ2) is 11.0. The van der Waals surface area contributed by atoms with Crippen LogP contribution in [0.5, 0.6) is 0 Å². The number of carbonyl (C=O) groups is 2. The van der Waals surface area contributed by atoms with E-state index in [1.165, 1.54) is 0 Å². The standard InChI is InChI=1S/C22H29N3O3S/c1-2-23-22(27)25(15-19-10-6-12-28-19)17-21(26)24(16-20-11-7-13-29-20)14-18-8-4-3-5-9-18/h3-5,7-9,11,13,19H,2,6,10,12,14-17H2,1H3,(H,23,27)/t19-/m1/s1. The zero-order valence-corrected chi connectivity index (χ0v) is 17.7. The van der Waals surface area contributed by atoms with E-state index >= 15 is 0 Å². The van der Waals surface area contributed by atoms with Gasteiger partial charge in [0.2, 0.25) is 5.91 Å². The van der Waals surface area contributed by atoms with Crippen molar-refractivity contribution >= 4 is 23.3 Å². The second-order valence-corrected chi connectivity index (χ2v) is 8.20. The van der Waals surface area contributed by atoms with E-state index in [4.69, 9.17) is 4.74 Å². The molecule has 1 aromatic carbocycles. The molecule has 1 fully saturated rings. The Morgan fingerprint density at radius 2 is 1.97 bits per heavy atom. The molecule has 0 radical (unpaired) electrons. The zero-order valence-electron chi connectivity index (χ0n) is 16.9. The average Bonchev–Trinajstić information content (AvgIpc) is 3.42. The summed E-state index contributed by atoms with van der Waals surface area (Å²) in [5.74, 6) is -0.0634. The summed E-state index contributed by atoms with van der Waals surface area (Å²) in [5, 5.41) is 4.83. The molecule has 0 unspecified atom stereocenters. The molecule has 0 spiro atoms. The molecule has 0 bridgehead atoms. The smallest absolute Gasteiger partial charge is 0.317 e. The topological polar surface area (TPSA) is 61.9 Å². The van der Waals surface area contributed by atoms with Gasteiger partial charge in [0.15, 0.2) is 0 Å². The van der Waals surface area contributed by atoms with Crippen LogP contribution in [0.2, 0.25) is 0 Å². The van der Waals surface area contributed by atoms with Crippen LogP contribution >= 0.6 is 11.3 Å². The van der Waals surface area contributed by atoms with E-state index in [1.807, 2.05) is 59.7 Å². The lowest BCUT2D eigenvalue weighted by Gasteiger charge is -2.29. The normalized spacial score (nSPS) is 15.8. The Morgan fingerprint density at radius 3 is 2.62 bits per heavy atom. The first-order valence-corrected chi connectivity index (χ1v) is 11.0. The number of nitrogens with zero attached hydrogens (tertiary/aromatic N) is 2. The summed E-state index contributed by atoms with van der Waals surface area (Å²) in [6, 6.07) is 13.8. The van der Waals surface area contributed by atoms with Crippen LogP contribution in [0.15, 0.2) is 47.8 Å². The van der Waals surface area contributed by atoms with Crippen LogP contribution in [-0.2, 0) is 22.6 Å². The highest BCUT2D eigenvalue weighted by Crippen LogP contribution is 2.17. The van der Waals surface area contributed by atoms with Gasteiger partial charge in [-0.15, -0.1) is 11.3 Å². The van der Waals surface area contributed by atoms with Crippen molar-refractivity contribution in [1.29, 1.82) is 0 Å². The Kier molecular flexibility index (Phi) is 8.07. The minimum Gasteiger partial charge on any atom is -0.376 e. The number of benzene rings is 1. The van der Waals surface area contributed by atoms with Crippen LogP contribution in [0.25, 0.3) is 0 Å². The van der Waals surface area contributed by atoms with Crippen molar-refractivity contribution in [3.8, 4) is 0 Å². The first-order valence-electron chi connectivity index (χ1n) is 10.1. The van der Waals surface area contributed by atoms with E-state index in [0.29, 0.717) is 26.2 Å². The van der Waals surface area contributed by atoms with Crippen LogP contribution in [0.3, 0.4) is 0 Å². The highest BCUT2D eigenvalue weighted by atomic mass is 32.1. The van der Waals surface area contributed by atoms with Gasteiger partial charge in [-0.05, 0) is 36.8 Å². The number of ether oxygens (including phenoxy) is 1. The number of hydrogen-bond acceptors (Lipinski definition) is 4. The van der Waals surface area contributed by atoms with Gasteiger partial charge in [-0.25, -0.2) is 4.79 Å². The molecule has 1 aromatic heterocycles. The number of thiophene rings is 1. The van der Waals surface area contributed by atoms with Gasteiger partial charge >= 0.3 is 6.03 Å². The van der Waals surface area contributed by atoms with Crippen molar-refractivity contribution in [3.63, 3.8) is 0 Å². The van der Waals surface area contributed by atoms with E-state index in [1.54, 1.807) is 16.2 Å². The Bertz CT molecular complexity index is 761. The molecule has 1 aliphatic rings.